The van der Waals surface area contributed by atoms with Crippen LogP contribution in [0, 0.1) is 18.8 Å². The minimum Gasteiger partial charge on any atom is -0.382 e. The van der Waals surface area contributed by atoms with Gasteiger partial charge in [0.25, 0.3) is 0 Å². The first-order chi connectivity index (χ1) is 16.7. The van der Waals surface area contributed by atoms with Gasteiger partial charge in [-0.05, 0) is 81.2 Å². The van der Waals surface area contributed by atoms with Gasteiger partial charge in [0.1, 0.15) is 0 Å². The van der Waals surface area contributed by atoms with E-state index in [1.54, 1.807) is 6.07 Å². The van der Waals surface area contributed by atoms with Gasteiger partial charge in [0.2, 0.25) is 5.91 Å². The zero-order valence-electron chi connectivity index (χ0n) is 20.7. The van der Waals surface area contributed by atoms with Crippen LogP contribution in [0.3, 0.4) is 0 Å². The van der Waals surface area contributed by atoms with E-state index in [0.717, 1.165) is 58.2 Å². The summed E-state index contributed by atoms with van der Waals surface area (Å²) in [6.45, 7) is 4.31. The van der Waals surface area contributed by atoms with Crippen molar-refractivity contribution in [2.75, 3.05) is 36.9 Å². The first-order valence-corrected chi connectivity index (χ1v) is 12.7. The highest BCUT2D eigenvalue weighted by atomic mass is 19.4. The van der Waals surface area contributed by atoms with Gasteiger partial charge in [0.05, 0.1) is 5.56 Å². The fourth-order valence-corrected chi connectivity index (χ4v) is 5.54. The number of carbonyl (C=O) groups excluding carboxylic acids is 1. The minimum atomic E-state index is -4.35. The Balaban J connectivity index is 1.22. The topological polar surface area (TPSA) is 35.6 Å². The van der Waals surface area contributed by atoms with E-state index < -0.39 is 11.7 Å². The number of para-hydroxylation sites is 1. The number of anilines is 2. The Bertz CT molecular complexity index is 979. The Kier molecular flexibility index (Phi) is 7.92. The third-order valence-electron chi connectivity index (χ3n) is 7.63. The summed E-state index contributed by atoms with van der Waals surface area (Å²) in [5.41, 5.74) is 1.39. The molecule has 2 fully saturated rings. The number of hydrogen-bond acceptors (Lipinski definition) is 3. The Hall–Kier alpha value is -2.70. The summed E-state index contributed by atoms with van der Waals surface area (Å²) in [6.07, 6.45) is 0.925. The first kappa shape index (κ1) is 25.4. The molecule has 1 N–H and O–H groups in total. The van der Waals surface area contributed by atoms with Crippen molar-refractivity contribution in [3.05, 3.63) is 59.7 Å². The summed E-state index contributed by atoms with van der Waals surface area (Å²) < 4.78 is 39.6. The SMILES string of the molecule is Cc1ccc(NC2CCC(C(=O)N(C)CC3CCN(c4ccccc4)CC3)CC2)cc1C(F)(F)F. The standard InChI is InChI=1S/C28H36F3N3O/c1-20-8-11-24(18-26(20)28(29,30)31)32-23-12-9-22(10-13-23)27(35)33(2)19-21-14-16-34(17-15-21)25-6-4-3-5-7-25/h3-8,11,18,21-23,32H,9-10,12-17,19H2,1-2H3. The van der Waals surface area contributed by atoms with E-state index >= 15 is 0 Å². The van der Waals surface area contributed by atoms with Crippen LogP contribution in [0.15, 0.2) is 48.5 Å². The highest BCUT2D eigenvalue weighted by Crippen LogP contribution is 2.35. The molecule has 0 atom stereocenters. The normalized spacial score (nSPS) is 21.6. The molecule has 1 aliphatic carbocycles. The van der Waals surface area contributed by atoms with Crippen molar-refractivity contribution in [3.63, 3.8) is 0 Å². The predicted octanol–water partition coefficient (Wildman–Crippen LogP) is 6.36. The van der Waals surface area contributed by atoms with Crippen LogP contribution in [-0.2, 0) is 11.0 Å². The molecule has 0 aromatic heterocycles. The number of amides is 1. The molecule has 1 saturated heterocycles. The predicted molar refractivity (Wildman–Crippen MR) is 135 cm³/mol. The van der Waals surface area contributed by atoms with E-state index in [9.17, 15) is 18.0 Å². The molecule has 2 aromatic rings. The molecule has 1 saturated carbocycles. The van der Waals surface area contributed by atoms with E-state index in [1.165, 1.54) is 24.7 Å². The molecular weight excluding hydrogens is 451 g/mol. The van der Waals surface area contributed by atoms with Crippen molar-refractivity contribution in [1.82, 2.24) is 4.90 Å². The van der Waals surface area contributed by atoms with Crippen LogP contribution in [0.2, 0.25) is 0 Å². The molecule has 1 heterocycles. The summed E-state index contributed by atoms with van der Waals surface area (Å²) in [5.74, 6) is 0.737. The Labute approximate surface area is 206 Å². The van der Waals surface area contributed by atoms with Crippen LogP contribution >= 0.6 is 0 Å². The lowest BCUT2D eigenvalue weighted by Crippen LogP contribution is -2.42. The van der Waals surface area contributed by atoms with Gasteiger partial charge in [-0.1, -0.05) is 24.3 Å². The summed E-state index contributed by atoms with van der Waals surface area (Å²) in [5, 5.41) is 3.26. The number of alkyl halides is 3. The Morgan fingerprint density at radius 2 is 1.66 bits per heavy atom. The lowest BCUT2D eigenvalue weighted by molar-refractivity contribution is -0.138. The molecule has 0 unspecified atom stereocenters. The molecule has 0 spiro atoms. The van der Waals surface area contributed by atoms with Crippen molar-refractivity contribution in [3.8, 4) is 0 Å². The second-order valence-corrected chi connectivity index (χ2v) is 10.2. The van der Waals surface area contributed by atoms with E-state index in [-0.39, 0.29) is 23.4 Å². The summed E-state index contributed by atoms with van der Waals surface area (Å²) in [6, 6.07) is 15.0. The first-order valence-electron chi connectivity index (χ1n) is 12.7. The van der Waals surface area contributed by atoms with Crippen LogP contribution in [0.5, 0.6) is 0 Å². The molecule has 4 nitrogen and oxygen atoms in total. The van der Waals surface area contributed by atoms with Gasteiger partial charge in [0.15, 0.2) is 0 Å². The summed E-state index contributed by atoms with van der Waals surface area (Å²) in [7, 11) is 1.92. The lowest BCUT2D eigenvalue weighted by atomic mass is 9.84. The summed E-state index contributed by atoms with van der Waals surface area (Å²) >= 11 is 0. The molecule has 190 valence electrons. The van der Waals surface area contributed by atoms with Crippen LogP contribution in [0.1, 0.15) is 49.7 Å². The van der Waals surface area contributed by atoms with Gasteiger partial charge in [-0.3, -0.25) is 4.79 Å². The molecule has 1 aliphatic heterocycles. The molecular formula is C28H36F3N3O. The maximum atomic E-state index is 13.2. The minimum absolute atomic E-state index is 0.00575. The highest BCUT2D eigenvalue weighted by molar-refractivity contribution is 5.78. The van der Waals surface area contributed by atoms with E-state index in [1.807, 2.05) is 18.0 Å². The average molecular weight is 488 g/mol. The molecule has 1 amide bonds. The fraction of sp³-hybridized carbons (Fsp3) is 0.536. The van der Waals surface area contributed by atoms with Crippen molar-refractivity contribution >= 4 is 17.3 Å². The number of hydrogen-bond donors (Lipinski definition) is 1. The van der Waals surface area contributed by atoms with Gasteiger partial charge in [-0.15, -0.1) is 0 Å². The number of aryl methyl sites for hydroxylation is 1. The Morgan fingerprint density at radius 3 is 2.29 bits per heavy atom. The van der Waals surface area contributed by atoms with Gasteiger partial charge in [-0.25, -0.2) is 0 Å². The van der Waals surface area contributed by atoms with Crippen LogP contribution in [-0.4, -0.2) is 43.5 Å². The molecule has 4 rings (SSSR count). The number of benzene rings is 2. The lowest BCUT2D eigenvalue weighted by Gasteiger charge is -2.36. The smallest absolute Gasteiger partial charge is 0.382 e. The monoisotopic (exact) mass is 487 g/mol. The van der Waals surface area contributed by atoms with Crippen LogP contribution < -0.4 is 10.2 Å². The number of halogens is 3. The quantitative estimate of drug-likeness (QED) is 0.515. The van der Waals surface area contributed by atoms with Crippen molar-refractivity contribution in [2.24, 2.45) is 11.8 Å². The third kappa shape index (κ3) is 6.50. The molecule has 0 bridgehead atoms. The molecule has 7 heteroatoms. The van der Waals surface area contributed by atoms with E-state index in [4.69, 9.17) is 0 Å². The second kappa shape index (κ2) is 10.9. The number of nitrogens with zero attached hydrogens (tertiary/aromatic N) is 2. The number of carbonyl (C=O) groups is 1. The van der Waals surface area contributed by atoms with Crippen LogP contribution in [0.25, 0.3) is 0 Å². The molecule has 0 radical (unpaired) electrons. The molecule has 35 heavy (non-hydrogen) atoms. The maximum absolute atomic E-state index is 13.2. The zero-order chi connectivity index (χ0) is 25.0. The number of nitrogens with one attached hydrogen (secondary N) is 1. The summed E-state index contributed by atoms with van der Waals surface area (Å²) in [4.78, 5) is 17.4. The van der Waals surface area contributed by atoms with Crippen molar-refractivity contribution in [2.45, 2.75) is 57.7 Å². The zero-order valence-corrected chi connectivity index (χ0v) is 20.7. The van der Waals surface area contributed by atoms with Gasteiger partial charge < -0.3 is 15.1 Å². The van der Waals surface area contributed by atoms with Crippen molar-refractivity contribution in [1.29, 1.82) is 0 Å². The Morgan fingerprint density at radius 1 is 1.00 bits per heavy atom. The fourth-order valence-electron chi connectivity index (χ4n) is 5.54. The van der Waals surface area contributed by atoms with Gasteiger partial charge >= 0.3 is 6.18 Å². The molecule has 2 aliphatic rings. The molecule has 2 aromatic carbocycles. The van der Waals surface area contributed by atoms with E-state index in [2.05, 4.69) is 34.5 Å². The maximum Gasteiger partial charge on any atom is 0.416 e. The largest absolute Gasteiger partial charge is 0.416 e. The highest BCUT2D eigenvalue weighted by Gasteiger charge is 2.33. The van der Waals surface area contributed by atoms with Gasteiger partial charge in [0, 0.05) is 50.0 Å². The van der Waals surface area contributed by atoms with E-state index in [0.29, 0.717) is 11.6 Å². The second-order valence-electron chi connectivity index (χ2n) is 10.2. The third-order valence-corrected chi connectivity index (χ3v) is 7.63. The average Bonchev–Trinajstić information content (AvgIpc) is 2.85. The van der Waals surface area contributed by atoms with Gasteiger partial charge in [-0.2, -0.15) is 13.2 Å². The number of rotatable bonds is 6. The van der Waals surface area contributed by atoms with Crippen molar-refractivity contribution < 1.29 is 18.0 Å². The number of piperidine rings is 1. The van der Waals surface area contributed by atoms with Crippen LogP contribution in [0.4, 0.5) is 24.5 Å².